The molecule has 2 N–H and O–H groups in total. The van der Waals surface area contributed by atoms with E-state index in [2.05, 4.69) is 27.7 Å². The van der Waals surface area contributed by atoms with Crippen LogP contribution in [0.4, 0.5) is 0 Å². The molecular weight excluding hydrogens is 344 g/mol. The summed E-state index contributed by atoms with van der Waals surface area (Å²) in [5, 5.41) is 19.1. The molecule has 0 rings (SSSR count). The highest BCUT2D eigenvalue weighted by Crippen LogP contribution is 2.45. The third-order valence-corrected chi connectivity index (χ3v) is 11.7. The number of aliphatic carboxylic acids is 2. The lowest BCUT2D eigenvalue weighted by molar-refractivity contribution is -0.135. The number of unbranched alkanes of at least 4 members (excludes halogenated alkanes) is 4. The van der Waals surface area contributed by atoms with E-state index in [0.717, 1.165) is 82.0 Å². The van der Waals surface area contributed by atoms with Crippen molar-refractivity contribution in [3.8, 4) is 0 Å². The second kappa shape index (κ2) is 14.0. The van der Waals surface area contributed by atoms with Crippen molar-refractivity contribution in [2.24, 2.45) is 0 Å². The molecule has 0 aliphatic carbocycles. The Morgan fingerprint density at radius 2 is 1.23 bits per heavy atom. The molecular formula is C21H40O4Si. The molecule has 0 aliphatic rings. The Hall–Kier alpha value is -1.10. The highest BCUT2D eigenvalue weighted by Gasteiger charge is 2.42. The van der Waals surface area contributed by atoms with Crippen LogP contribution in [0.2, 0.25) is 23.7 Å². The van der Waals surface area contributed by atoms with Gasteiger partial charge in [-0.3, -0.25) is 0 Å². The van der Waals surface area contributed by atoms with Gasteiger partial charge in [0.25, 0.3) is 0 Å². The second-order valence-corrected chi connectivity index (χ2v) is 12.5. The second-order valence-electron chi connectivity index (χ2n) is 7.61. The van der Waals surface area contributed by atoms with Crippen LogP contribution in [-0.4, -0.2) is 30.2 Å². The Bertz CT molecular complexity index is 424. The molecule has 0 aromatic carbocycles. The van der Waals surface area contributed by atoms with Gasteiger partial charge in [0, 0.05) is 11.6 Å². The SMILES string of the molecule is CCCCC(/C(=C/C(=O)O)C(=O)O)[Si](CCCC)(CCCC)CCCC. The Labute approximate surface area is 161 Å². The van der Waals surface area contributed by atoms with E-state index in [-0.39, 0.29) is 11.1 Å². The van der Waals surface area contributed by atoms with E-state index < -0.39 is 20.0 Å². The lowest BCUT2D eigenvalue weighted by atomic mass is 10.1. The minimum Gasteiger partial charge on any atom is -0.478 e. The van der Waals surface area contributed by atoms with Crippen LogP contribution >= 0.6 is 0 Å². The van der Waals surface area contributed by atoms with Crippen LogP contribution in [0.25, 0.3) is 0 Å². The number of carboxylic acid groups (broad SMARTS) is 2. The molecule has 0 saturated carbocycles. The first kappa shape index (κ1) is 24.9. The van der Waals surface area contributed by atoms with Crippen molar-refractivity contribution in [1.82, 2.24) is 0 Å². The quantitative estimate of drug-likeness (QED) is 0.235. The maximum absolute atomic E-state index is 12.0. The highest BCUT2D eigenvalue weighted by atomic mass is 28.3. The van der Waals surface area contributed by atoms with Crippen LogP contribution in [-0.2, 0) is 9.59 Å². The molecule has 0 fully saturated rings. The molecule has 0 amide bonds. The zero-order valence-corrected chi connectivity index (χ0v) is 18.4. The monoisotopic (exact) mass is 384 g/mol. The largest absolute Gasteiger partial charge is 0.478 e. The fourth-order valence-corrected chi connectivity index (χ4v) is 10.8. The predicted molar refractivity (Wildman–Crippen MR) is 112 cm³/mol. The molecule has 0 aliphatic heterocycles. The maximum atomic E-state index is 12.0. The van der Waals surface area contributed by atoms with E-state index in [1.165, 1.54) is 0 Å². The molecule has 0 bridgehead atoms. The van der Waals surface area contributed by atoms with Crippen LogP contribution < -0.4 is 0 Å². The standard InChI is InChI=1S/C21H40O4Si/c1-5-9-13-19(18(21(24)25)17-20(22)23)26(14-10-6-2,15-11-7-3)16-12-8-4/h17,19H,5-16H2,1-4H3,(H,22,23)(H,24,25)/b18-17-. The summed E-state index contributed by atoms with van der Waals surface area (Å²) in [5.41, 5.74) is 0.127. The Kier molecular flexibility index (Phi) is 13.4. The summed E-state index contributed by atoms with van der Waals surface area (Å²) in [4.78, 5) is 23.3. The molecule has 0 aromatic heterocycles. The highest BCUT2D eigenvalue weighted by molar-refractivity contribution is 6.82. The molecule has 5 heteroatoms. The van der Waals surface area contributed by atoms with Gasteiger partial charge in [0.05, 0.1) is 8.07 Å². The molecule has 0 aromatic rings. The molecule has 0 spiro atoms. The first-order valence-corrected chi connectivity index (χ1v) is 13.3. The zero-order chi connectivity index (χ0) is 20.0. The average Bonchev–Trinajstić information content (AvgIpc) is 2.60. The van der Waals surface area contributed by atoms with Crippen LogP contribution in [0.5, 0.6) is 0 Å². The number of carbonyl (C=O) groups is 2. The number of hydrogen-bond acceptors (Lipinski definition) is 2. The number of carboxylic acids is 2. The Morgan fingerprint density at radius 1 is 0.808 bits per heavy atom. The van der Waals surface area contributed by atoms with Crippen LogP contribution in [0.1, 0.15) is 85.5 Å². The summed E-state index contributed by atoms with van der Waals surface area (Å²) >= 11 is 0. The van der Waals surface area contributed by atoms with Gasteiger partial charge in [0.15, 0.2) is 0 Å². The lowest BCUT2D eigenvalue weighted by Gasteiger charge is -2.40. The van der Waals surface area contributed by atoms with Gasteiger partial charge in [-0.05, 0) is 12.0 Å². The zero-order valence-electron chi connectivity index (χ0n) is 17.4. The molecule has 1 unspecified atom stereocenters. The van der Waals surface area contributed by atoms with Crippen LogP contribution in [0.15, 0.2) is 11.6 Å². The van der Waals surface area contributed by atoms with Crippen LogP contribution in [0.3, 0.4) is 0 Å². The van der Waals surface area contributed by atoms with Gasteiger partial charge in [-0.1, -0.05) is 97.2 Å². The van der Waals surface area contributed by atoms with Crippen molar-refractivity contribution in [2.75, 3.05) is 0 Å². The van der Waals surface area contributed by atoms with Gasteiger partial charge >= 0.3 is 11.9 Å². The van der Waals surface area contributed by atoms with Gasteiger partial charge in [0.2, 0.25) is 0 Å². The van der Waals surface area contributed by atoms with E-state index >= 15 is 0 Å². The van der Waals surface area contributed by atoms with Crippen molar-refractivity contribution in [3.63, 3.8) is 0 Å². The minimum absolute atomic E-state index is 0.0410. The molecule has 0 radical (unpaired) electrons. The van der Waals surface area contributed by atoms with E-state index in [9.17, 15) is 19.8 Å². The molecule has 4 nitrogen and oxygen atoms in total. The van der Waals surface area contributed by atoms with Crippen LogP contribution in [0, 0.1) is 0 Å². The first-order valence-electron chi connectivity index (χ1n) is 10.6. The molecule has 0 saturated heterocycles. The van der Waals surface area contributed by atoms with E-state index in [0.29, 0.717) is 0 Å². The number of rotatable bonds is 16. The van der Waals surface area contributed by atoms with Crippen molar-refractivity contribution < 1.29 is 19.8 Å². The van der Waals surface area contributed by atoms with Gasteiger partial charge in [0.1, 0.15) is 0 Å². The topological polar surface area (TPSA) is 74.6 Å². The molecule has 152 valence electrons. The molecule has 0 heterocycles. The Balaban J connectivity index is 6.13. The predicted octanol–water partition coefficient (Wildman–Crippen LogP) is 6.49. The van der Waals surface area contributed by atoms with Crippen molar-refractivity contribution >= 4 is 20.0 Å². The van der Waals surface area contributed by atoms with E-state index in [1.807, 2.05) is 0 Å². The van der Waals surface area contributed by atoms with Gasteiger partial charge < -0.3 is 10.2 Å². The minimum atomic E-state index is -1.93. The third-order valence-electron chi connectivity index (χ3n) is 5.57. The smallest absolute Gasteiger partial charge is 0.331 e. The fraction of sp³-hybridized carbons (Fsp3) is 0.810. The van der Waals surface area contributed by atoms with Crippen molar-refractivity contribution in [3.05, 3.63) is 11.6 Å². The normalized spacial score (nSPS) is 13.6. The summed E-state index contributed by atoms with van der Waals surface area (Å²) < 4.78 is 0. The van der Waals surface area contributed by atoms with Crippen molar-refractivity contribution in [1.29, 1.82) is 0 Å². The average molecular weight is 385 g/mol. The molecule has 26 heavy (non-hydrogen) atoms. The summed E-state index contributed by atoms with van der Waals surface area (Å²) in [6, 6.07) is 3.38. The van der Waals surface area contributed by atoms with Gasteiger partial charge in [-0.2, -0.15) is 0 Å². The fourth-order valence-electron chi connectivity index (χ4n) is 4.13. The van der Waals surface area contributed by atoms with E-state index in [4.69, 9.17) is 0 Å². The third kappa shape index (κ3) is 8.52. The molecule has 1 atom stereocenters. The maximum Gasteiger partial charge on any atom is 0.331 e. The summed E-state index contributed by atoms with van der Waals surface area (Å²) in [6.45, 7) is 8.67. The van der Waals surface area contributed by atoms with Gasteiger partial charge in [-0.15, -0.1) is 0 Å². The van der Waals surface area contributed by atoms with Gasteiger partial charge in [-0.25, -0.2) is 9.59 Å². The van der Waals surface area contributed by atoms with E-state index in [1.54, 1.807) is 0 Å². The summed E-state index contributed by atoms with van der Waals surface area (Å²) in [7, 11) is -1.93. The summed E-state index contributed by atoms with van der Waals surface area (Å²) in [6.07, 6.45) is 10.5. The van der Waals surface area contributed by atoms with Crippen molar-refractivity contribution in [2.45, 2.75) is 109 Å². The Morgan fingerprint density at radius 3 is 1.54 bits per heavy atom. The number of hydrogen-bond donors (Lipinski definition) is 2. The summed E-state index contributed by atoms with van der Waals surface area (Å²) in [5.74, 6) is -2.16. The lowest BCUT2D eigenvalue weighted by Crippen LogP contribution is -2.42. The first-order chi connectivity index (χ1) is 12.4.